The second-order valence-electron chi connectivity index (χ2n) is 4.32. The van der Waals surface area contributed by atoms with Crippen molar-refractivity contribution in [2.75, 3.05) is 25.6 Å². The first-order chi connectivity index (χ1) is 10.2. The van der Waals surface area contributed by atoms with Gasteiger partial charge in [0, 0.05) is 19.0 Å². The maximum atomic E-state index is 12.3. The van der Waals surface area contributed by atoms with Crippen LogP contribution in [0.25, 0.3) is 0 Å². The number of carbonyl (C=O) groups is 1. The van der Waals surface area contributed by atoms with E-state index in [9.17, 15) is 4.79 Å². The SMILES string of the molecule is COCCOc1ncccc1C(=O)Nc1cccc(C)n1. The molecule has 0 spiro atoms. The maximum Gasteiger partial charge on any atom is 0.262 e. The molecule has 2 aromatic heterocycles. The zero-order chi connectivity index (χ0) is 15.1. The Bertz CT molecular complexity index is 617. The predicted molar refractivity (Wildman–Crippen MR) is 78.5 cm³/mol. The van der Waals surface area contributed by atoms with Crippen molar-refractivity contribution in [2.45, 2.75) is 6.92 Å². The Balaban J connectivity index is 2.11. The molecule has 0 bridgehead atoms. The van der Waals surface area contributed by atoms with E-state index in [0.29, 0.717) is 24.6 Å². The molecule has 6 heteroatoms. The molecule has 0 atom stereocenters. The number of nitrogens with one attached hydrogen (secondary N) is 1. The van der Waals surface area contributed by atoms with E-state index in [1.165, 1.54) is 0 Å². The zero-order valence-electron chi connectivity index (χ0n) is 12.0. The van der Waals surface area contributed by atoms with Gasteiger partial charge in [-0.1, -0.05) is 6.07 Å². The molecule has 1 N–H and O–H groups in total. The Kier molecular flexibility index (Phi) is 5.22. The van der Waals surface area contributed by atoms with E-state index in [1.807, 2.05) is 19.1 Å². The van der Waals surface area contributed by atoms with Crippen molar-refractivity contribution >= 4 is 11.7 Å². The Morgan fingerprint density at radius 2 is 2.10 bits per heavy atom. The van der Waals surface area contributed by atoms with E-state index < -0.39 is 0 Å². The van der Waals surface area contributed by atoms with Gasteiger partial charge in [-0.25, -0.2) is 9.97 Å². The molecule has 0 radical (unpaired) electrons. The van der Waals surface area contributed by atoms with Crippen LogP contribution in [0.1, 0.15) is 16.1 Å². The lowest BCUT2D eigenvalue weighted by molar-refractivity contribution is 0.101. The third-order valence-electron chi connectivity index (χ3n) is 2.67. The Hall–Kier alpha value is -2.47. The minimum atomic E-state index is -0.311. The van der Waals surface area contributed by atoms with E-state index in [-0.39, 0.29) is 11.8 Å². The van der Waals surface area contributed by atoms with Crippen molar-refractivity contribution in [3.8, 4) is 5.88 Å². The van der Waals surface area contributed by atoms with Crippen LogP contribution < -0.4 is 10.1 Å². The third-order valence-corrected chi connectivity index (χ3v) is 2.67. The topological polar surface area (TPSA) is 73.3 Å². The molecule has 2 heterocycles. The minimum Gasteiger partial charge on any atom is -0.475 e. The van der Waals surface area contributed by atoms with Gasteiger partial charge in [0.05, 0.1) is 6.61 Å². The fourth-order valence-electron chi connectivity index (χ4n) is 1.70. The number of methoxy groups -OCH3 is 1. The van der Waals surface area contributed by atoms with E-state index in [1.54, 1.807) is 31.5 Å². The second-order valence-corrected chi connectivity index (χ2v) is 4.32. The summed E-state index contributed by atoms with van der Waals surface area (Å²) in [5.74, 6) is 0.458. The van der Waals surface area contributed by atoms with Gasteiger partial charge in [0.1, 0.15) is 18.0 Å². The molecule has 110 valence electrons. The first-order valence-corrected chi connectivity index (χ1v) is 6.52. The molecule has 2 aromatic rings. The number of ether oxygens (including phenoxy) is 2. The van der Waals surface area contributed by atoms with Crippen molar-refractivity contribution in [3.05, 3.63) is 47.8 Å². The first kappa shape index (κ1) is 14.9. The van der Waals surface area contributed by atoms with E-state index in [0.717, 1.165) is 5.69 Å². The number of hydrogen-bond acceptors (Lipinski definition) is 5. The smallest absolute Gasteiger partial charge is 0.262 e. The number of pyridine rings is 2. The molecule has 2 rings (SSSR count). The Morgan fingerprint density at radius 1 is 1.24 bits per heavy atom. The molecular formula is C15H17N3O3. The summed E-state index contributed by atoms with van der Waals surface area (Å²) in [6.45, 7) is 2.62. The molecule has 0 aliphatic heterocycles. The van der Waals surface area contributed by atoms with Gasteiger partial charge < -0.3 is 14.8 Å². The summed E-state index contributed by atoms with van der Waals surface area (Å²) in [5.41, 5.74) is 1.19. The van der Waals surface area contributed by atoms with Gasteiger partial charge in [0.25, 0.3) is 5.91 Å². The third kappa shape index (κ3) is 4.25. The van der Waals surface area contributed by atoms with Crippen LogP contribution in [-0.4, -0.2) is 36.2 Å². The normalized spacial score (nSPS) is 10.2. The summed E-state index contributed by atoms with van der Waals surface area (Å²) < 4.78 is 10.4. The molecule has 0 aliphatic rings. The average molecular weight is 287 g/mol. The highest BCUT2D eigenvalue weighted by molar-refractivity contribution is 6.05. The fraction of sp³-hybridized carbons (Fsp3) is 0.267. The molecular weight excluding hydrogens is 270 g/mol. The molecule has 1 amide bonds. The molecule has 0 saturated heterocycles. The summed E-state index contributed by atoms with van der Waals surface area (Å²) >= 11 is 0. The second kappa shape index (κ2) is 7.35. The van der Waals surface area contributed by atoms with Crippen molar-refractivity contribution in [2.24, 2.45) is 0 Å². The molecule has 6 nitrogen and oxygen atoms in total. The largest absolute Gasteiger partial charge is 0.475 e. The molecule has 0 fully saturated rings. The van der Waals surface area contributed by atoms with Gasteiger partial charge in [0.2, 0.25) is 5.88 Å². The summed E-state index contributed by atoms with van der Waals surface area (Å²) in [7, 11) is 1.58. The van der Waals surface area contributed by atoms with E-state index in [2.05, 4.69) is 15.3 Å². The number of amides is 1. The molecule has 0 aliphatic carbocycles. The highest BCUT2D eigenvalue weighted by Crippen LogP contribution is 2.16. The molecule has 0 unspecified atom stereocenters. The molecule has 21 heavy (non-hydrogen) atoms. The number of nitrogens with zero attached hydrogens (tertiary/aromatic N) is 2. The lowest BCUT2D eigenvalue weighted by Gasteiger charge is -2.10. The van der Waals surface area contributed by atoms with Crippen LogP contribution in [0.3, 0.4) is 0 Å². The predicted octanol–water partition coefficient (Wildman–Crippen LogP) is 2.06. The van der Waals surface area contributed by atoms with Crippen LogP contribution in [0.4, 0.5) is 5.82 Å². The van der Waals surface area contributed by atoms with Gasteiger partial charge in [-0.15, -0.1) is 0 Å². The molecule has 0 aromatic carbocycles. The quantitative estimate of drug-likeness (QED) is 0.823. The van der Waals surface area contributed by atoms with Gasteiger partial charge in [-0.2, -0.15) is 0 Å². The number of rotatable bonds is 6. The Morgan fingerprint density at radius 3 is 2.86 bits per heavy atom. The number of carbonyl (C=O) groups excluding carboxylic acids is 1. The standard InChI is InChI=1S/C15H17N3O3/c1-11-5-3-7-13(17-11)18-14(19)12-6-4-8-16-15(12)21-10-9-20-2/h3-8H,9-10H2,1-2H3,(H,17,18,19). The lowest BCUT2D eigenvalue weighted by atomic mass is 10.2. The van der Waals surface area contributed by atoms with Crippen LogP contribution in [0.2, 0.25) is 0 Å². The maximum absolute atomic E-state index is 12.3. The van der Waals surface area contributed by atoms with Crippen LogP contribution in [0.5, 0.6) is 5.88 Å². The Labute approximate surface area is 123 Å². The van der Waals surface area contributed by atoms with E-state index >= 15 is 0 Å². The molecule has 0 saturated carbocycles. The van der Waals surface area contributed by atoms with Crippen molar-refractivity contribution in [1.29, 1.82) is 0 Å². The van der Waals surface area contributed by atoms with Crippen LogP contribution in [-0.2, 0) is 4.74 Å². The summed E-state index contributed by atoms with van der Waals surface area (Å²) in [6, 6.07) is 8.75. The number of aryl methyl sites for hydroxylation is 1. The van der Waals surface area contributed by atoms with Crippen molar-refractivity contribution in [3.63, 3.8) is 0 Å². The van der Waals surface area contributed by atoms with Gasteiger partial charge >= 0.3 is 0 Å². The fourth-order valence-corrected chi connectivity index (χ4v) is 1.70. The van der Waals surface area contributed by atoms with Gasteiger partial charge in [-0.3, -0.25) is 4.79 Å². The monoisotopic (exact) mass is 287 g/mol. The van der Waals surface area contributed by atoms with Crippen molar-refractivity contribution < 1.29 is 14.3 Å². The highest BCUT2D eigenvalue weighted by Gasteiger charge is 2.14. The van der Waals surface area contributed by atoms with Gasteiger partial charge in [-0.05, 0) is 31.2 Å². The average Bonchev–Trinajstić information content (AvgIpc) is 2.48. The van der Waals surface area contributed by atoms with Crippen LogP contribution in [0.15, 0.2) is 36.5 Å². The summed E-state index contributed by atoms with van der Waals surface area (Å²) in [6.07, 6.45) is 1.57. The highest BCUT2D eigenvalue weighted by atomic mass is 16.5. The minimum absolute atomic E-state index is 0.278. The number of hydrogen-bond donors (Lipinski definition) is 1. The van der Waals surface area contributed by atoms with Crippen molar-refractivity contribution in [1.82, 2.24) is 9.97 Å². The summed E-state index contributed by atoms with van der Waals surface area (Å²) in [5, 5.41) is 2.73. The van der Waals surface area contributed by atoms with E-state index in [4.69, 9.17) is 9.47 Å². The lowest BCUT2D eigenvalue weighted by Crippen LogP contribution is -2.16. The van der Waals surface area contributed by atoms with Crippen LogP contribution >= 0.6 is 0 Å². The number of anilines is 1. The zero-order valence-corrected chi connectivity index (χ0v) is 12.0. The first-order valence-electron chi connectivity index (χ1n) is 6.52. The van der Waals surface area contributed by atoms with Gasteiger partial charge in [0.15, 0.2) is 0 Å². The summed E-state index contributed by atoms with van der Waals surface area (Å²) in [4.78, 5) is 20.6. The van der Waals surface area contributed by atoms with Crippen LogP contribution in [0, 0.1) is 6.92 Å². The number of aromatic nitrogens is 2.